The summed E-state index contributed by atoms with van der Waals surface area (Å²) in [7, 11) is 0. The maximum Gasteiger partial charge on any atom is 0.315 e. The van der Waals surface area contributed by atoms with E-state index in [0.717, 1.165) is 5.13 Å². The largest absolute Gasteiger partial charge is 0.481 e. The van der Waals surface area contributed by atoms with Gasteiger partial charge in [-0.1, -0.05) is 12.8 Å². The molecule has 1 saturated carbocycles. The highest BCUT2D eigenvalue weighted by atomic mass is 32.2. The lowest BCUT2D eigenvalue weighted by molar-refractivity contribution is -0.142. The van der Waals surface area contributed by atoms with Crippen molar-refractivity contribution in [1.82, 2.24) is 4.98 Å². The summed E-state index contributed by atoms with van der Waals surface area (Å²) in [6.45, 7) is 3.39. The zero-order valence-electron chi connectivity index (χ0n) is 12.2. The predicted molar refractivity (Wildman–Crippen MR) is 86.0 cm³/mol. The van der Waals surface area contributed by atoms with Crippen LogP contribution in [0.3, 0.4) is 0 Å². The molecule has 2 rings (SSSR count). The van der Waals surface area contributed by atoms with E-state index in [1.807, 2.05) is 17.1 Å². The van der Waals surface area contributed by atoms with Gasteiger partial charge in [0, 0.05) is 16.7 Å². The second kappa shape index (κ2) is 6.35. The lowest BCUT2D eigenvalue weighted by Gasteiger charge is -2.30. The number of nitrogens with one attached hydrogen (secondary N) is 1. The van der Waals surface area contributed by atoms with Crippen LogP contribution in [0.5, 0.6) is 0 Å². The summed E-state index contributed by atoms with van der Waals surface area (Å²) in [5.74, 6) is -0.839. The number of hydrogen-bond acceptors (Lipinski definition) is 5. The fraction of sp³-hybridized carbons (Fsp3) is 0.714. The number of hydrogen-bond donors (Lipinski definition) is 2. The minimum atomic E-state index is -0.929. The first-order valence-electron chi connectivity index (χ1n) is 6.94. The molecule has 1 aliphatic carbocycles. The highest BCUT2D eigenvalue weighted by Crippen LogP contribution is 2.32. The van der Waals surface area contributed by atoms with Crippen molar-refractivity contribution in [2.24, 2.45) is 0 Å². The third-order valence-corrected chi connectivity index (χ3v) is 5.94. The fourth-order valence-corrected chi connectivity index (χ4v) is 4.32. The summed E-state index contributed by atoms with van der Waals surface area (Å²) >= 11 is 3.42. The summed E-state index contributed by atoms with van der Waals surface area (Å²) in [6.07, 6.45) is 7.14. The molecule has 0 amide bonds. The number of carboxylic acid groups (broad SMARTS) is 1. The number of aromatic nitrogens is 1. The van der Waals surface area contributed by atoms with Crippen molar-refractivity contribution < 1.29 is 9.90 Å². The van der Waals surface area contributed by atoms with Crippen LogP contribution in [-0.4, -0.2) is 33.6 Å². The highest BCUT2D eigenvalue weighted by molar-refractivity contribution is 7.99. The van der Waals surface area contributed by atoms with Crippen molar-refractivity contribution in [1.29, 1.82) is 0 Å². The van der Waals surface area contributed by atoms with Crippen LogP contribution in [0.1, 0.15) is 45.2 Å². The van der Waals surface area contributed by atoms with Gasteiger partial charge in [0.15, 0.2) is 5.13 Å². The van der Waals surface area contributed by atoms with Crippen LogP contribution in [0.2, 0.25) is 0 Å². The Morgan fingerprint density at radius 1 is 1.50 bits per heavy atom. The van der Waals surface area contributed by atoms with Gasteiger partial charge in [-0.2, -0.15) is 11.8 Å². The van der Waals surface area contributed by atoms with Gasteiger partial charge < -0.3 is 10.4 Å². The maximum atomic E-state index is 11.3. The normalized spacial score (nSPS) is 23.6. The van der Waals surface area contributed by atoms with Gasteiger partial charge in [0.2, 0.25) is 0 Å². The van der Waals surface area contributed by atoms with Crippen LogP contribution in [0.4, 0.5) is 5.13 Å². The van der Waals surface area contributed by atoms with Gasteiger partial charge in [-0.15, -0.1) is 11.3 Å². The average molecular weight is 314 g/mol. The smallest absolute Gasteiger partial charge is 0.315 e. The van der Waals surface area contributed by atoms with Crippen molar-refractivity contribution in [3.05, 3.63) is 11.1 Å². The minimum absolute atomic E-state index is 0.450. The summed E-state index contributed by atoms with van der Waals surface area (Å²) in [5.41, 5.74) is -0.295. The monoisotopic (exact) mass is 314 g/mol. The second-order valence-electron chi connectivity index (χ2n) is 5.78. The van der Waals surface area contributed by atoms with E-state index in [2.05, 4.69) is 16.6 Å². The van der Waals surface area contributed by atoms with Crippen molar-refractivity contribution in [3.8, 4) is 0 Å². The van der Waals surface area contributed by atoms with Gasteiger partial charge in [0.05, 0.1) is 5.69 Å². The molecule has 2 atom stereocenters. The molecule has 6 heteroatoms. The number of carbonyl (C=O) groups is 1. The number of aliphatic carboxylic acids is 1. The molecule has 0 saturated heterocycles. The van der Waals surface area contributed by atoms with Gasteiger partial charge in [-0.05, 0) is 32.9 Å². The summed E-state index contributed by atoms with van der Waals surface area (Å²) in [4.78, 5) is 15.7. The lowest BCUT2D eigenvalue weighted by atomic mass is 9.90. The molecule has 0 radical (unpaired) electrons. The van der Waals surface area contributed by atoms with Crippen LogP contribution in [-0.2, 0) is 10.2 Å². The van der Waals surface area contributed by atoms with Crippen LogP contribution in [0, 0.1) is 0 Å². The van der Waals surface area contributed by atoms with E-state index in [4.69, 9.17) is 0 Å². The molecule has 0 spiro atoms. The topological polar surface area (TPSA) is 62.2 Å². The zero-order valence-corrected chi connectivity index (χ0v) is 13.8. The van der Waals surface area contributed by atoms with Crippen molar-refractivity contribution >= 4 is 34.2 Å². The summed E-state index contributed by atoms with van der Waals surface area (Å²) < 4.78 is 0. The molecule has 1 fully saturated rings. The molecule has 0 aliphatic heterocycles. The van der Waals surface area contributed by atoms with E-state index >= 15 is 0 Å². The van der Waals surface area contributed by atoms with E-state index < -0.39 is 11.4 Å². The highest BCUT2D eigenvalue weighted by Gasteiger charge is 2.32. The molecule has 0 bridgehead atoms. The lowest BCUT2D eigenvalue weighted by Crippen LogP contribution is -2.34. The van der Waals surface area contributed by atoms with Crippen molar-refractivity contribution in [2.75, 3.05) is 11.6 Å². The molecule has 0 aromatic carbocycles. The minimum Gasteiger partial charge on any atom is -0.481 e. The number of anilines is 1. The Labute approximate surface area is 128 Å². The van der Waals surface area contributed by atoms with Gasteiger partial charge >= 0.3 is 5.97 Å². The standard InChI is InChI=1S/C14H22N2O2S2/c1-14(2,12(17)18)11-8-20-13(16-11)15-9-6-4-5-7-10(9)19-3/h8-10H,4-7H2,1-3H3,(H,15,16)(H,17,18). The van der Waals surface area contributed by atoms with E-state index in [-0.39, 0.29) is 0 Å². The Hall–Kier alpha value is -0.750. The third-order valence-electron chi connectivity index (χ3n) is 3.99. The average Bonchev–Trinajstić information content (AvgIpc) is 2.88. The SMILES string of the molecule is CSC1CCCCC1Nc1nc(C(C)(C)C(=O)O)cs1. The maximum absolute atomic E-state index is 11.3. The van der Waals surface area contributed by atoms with Gasteiger partial charge in [-0.3, -0.25) is 4.79 Å². The molecule has 2 unspecified atom stereocenters. The number of nitrogens with zero attached hydrogens (tertiary/aromatic N) is 1. The number of rotatable bonds is 5. The summed E-state index contributed by atoms with van der Waals surface area (Å²) in [5, 5.41) is 16.1. The Balaban J connectivity index is 2.07. The predicted octanol–water partition coefficient (Wildman–Crippen LogP) is 3.59. The van der Waals surface area contributed by atoms with E-state index in [9.17, 15) is 9.90 Å². The first-order valence-corrected chi connectivity index (χ1v) is 9.10. The Kier molecular flexibility index (Phi) is 4.96. The molecule has 20 heavy (non-hydrogen) atoms. The molecule has 112 valence electrons. The molecular weight excluding hydrogens is 292 g/mol. The number of thiazole rings is 1. The number of carboxylic acids is 1. The number of thioether (sulfide) groups is 1. The first-order chi connectivity index (χ1) is 9.45. The third kappa shape index (κ3) is 3.28. The molecular formula is C14H22N2O2S2. The molecule has 2 N–H and O–H groups in total. The van der Waals surface area contributed by atoms with Gasteiger partial charge in [-0.25, -0.2) is 4.98 Å². The van der Waals surface area contributed by atoms with Crippen molar-refractivity contribution in [3.63, 3.8) is 0 Å². The quantitative estimate of drug-likeness (QED) is 0.869. The molecule has 1 heterocycles. The Morgan fingerprint density at radius 3 is 2.85 bits per heavy atom. The molecule has 1 aliphatic rings. The Morgan fingerprint density at radius 2 is 2.20 bits per heavy atom. The van der Waals surface area contributed by atoms with Crippen LogP contribution in [0.15, 0.2) is 5.38 Å². The van der Waals surface area contributed by atoms with Crippen LogP contribution >= 0.6 is 23.1 Å². The summed E-state index contributed by atoms with van der Waals surface area (Å²) in [6, 6.07) is 0.450. The molecule has 4 nitrogen and oxygen atoms in total. The first kappa shape index (κ1) is 15.6. The van der Waals surface area contributed by atoms with Gasteiger partial charge in [0.1, 0.15) is 5.41 Å². The molecule has 1 aromatic rings. The van der Waals surface area contributed by atoms with E-state index in [1.165, 1.54) is 37.0 Å². The fourth-order valence-electron chi connectivity index (χ4n) is 2.44. The van der Waals surface area contributed by atoms with Crippen molar-refractivity contribution in [2.45, 2.75) is 56.2 Å². The zero-order chi connectivity index (χ0) is 14.8. The van der Waals surface area contributed by atoms with Gasteiger partial charge in [0.25, 0.3) is 0 Å². The van der Waals surface area contributed by atoms with Crippen LogP contribution in [0.25, 0.3) is 0 Å². The second-order valence-corrected chi connectivity index (χ2v) is 7.71. The van der Waals surface area contributed by atoms with E-state index in [0.29, 0.717) is 17.0 Å². The molecule has 1 aromatic heterocycles. The Bertz CT molecular complexity index is 473. The van der Waals surface area contributed by atoms with E-state index in [1.54, 1.807) is 13.8 Å². The van der Waals surface area contributed by atoms with Crippen LogP contribution < -0.4 is 5.32 Å².